The molecule has 2 N–H and O–H groups in total. The summed E-state index contributed by atoms with van der Waals surface area (Å²) >= 11 is 5.39. The average molecular weight is 274 g/mol. The summed E-state index contributed by atoms with van der Waals surface area (Å²) in [6.45, 7) is 5.15. The molecule has 0 saturated carbocycles. The van der Waals surface area contributed by atoms with Gasteiger partial charge in [0, 0.05) is 21.2 Å². The van der Waals surface area contributed by atoms with Crippen LogP contribution in [0.15, 0.2) is 33.6 Å². The lowest BCUT2D eigenvalue weighted by Crippen LogP contribution is -2.22. The van der Waals surface area contributed by atoms with Crippen LogP contribution in [0.5, 0.6) is 0 Å². The van der Waals surface area contributed by atoms with Crippen molar-refractivity contribution in [1.29, 1.82) is 0 Å². The van der Waals surface area contributed by atoms with Gasteiger partial charge in [-0.25, -0.2) is 0 Å². The Balaban J connectivity index is 2.72. The average Bonchev–Trinajstić information content (AvgIpc) is 2.16. The van der Waals surface area contributed by atoms with Gasteiger partial charge in [0.2, 0.25) is 0 Å². The third kappa shape index (κ3) is 3.30. The second-order valence-corrected chi connectivity index (χ2v) is 5.70. The number of hydrogen-bond donors (Lipinski definition) is 1. The first-order valence-corrected chi connectivity index (χ1v) is 6.43. The number of nitrogens with two attached hydrogens (primary N) is 1. The van der Waals surface area contributed by atoms with Crippen LogP contribution in [0.25, 0.3) is 0 Å². The van der Waals surface area contributed by atoms with E-state index in [1.807, 2.05) is 17.8 Å². The molecule has 0 saturated heterocycles. The zero-order valence-corrected chi connectivity index (χ0v) is 10.9. The monoisotopic (exact) mass is 273 g/mol. The predicted molar refractivity (Wildman–Crippen MR) is 67.7 cm³/mol. The zero-order valence-electron chi connectivity index (χ0n) is 8.53. The molecule has 0 heterocycles. The van der Waals surface area contributed by atoms with Crippen molar-refractivity contribution in [3.63, 3.8) is 0 Å². The molecule has 0 radical (unpaired) electrons. The lowest BCUT2D eigenvalue weighted by molar-refractivity contribution is 0.613. The summed E-state index contributed by atoms with van der Waals surface area (Å²) in [6, 6.07) is 8.28. The van der Waals surface area contributed by atoms with Gasteiger partial charge in [-0.2, -0.15) is 0 Å². The first-order valence-electron chi connectivity index (χ1n) is 4.76. The highest BCUT2D eigenvalue weighted by Crippen LogP contribution is 2.32. The topological polar surface area (TPSA) is 26.0 Å². The maximum absolute atomic E-state index is 5.74. The Morgan fingerprint density at radius 2 is 2.00 bits per heavy atom. The minimum absolute atomic E-state index is 0.494. The third-order valence-electron chi connectivity index (χ3n) is 2.09. The second-order valence-electron chi connectivity index (χ2n) is 3.57. The smallest absolute Gasteiger partial charge is 0.0311 e. The van der Waals surface area contributed by atoms with Gasteiger partial charge in [-0.05, 0) is 34.0 Å². The highest BCUT2D eigenvalue weighted by Gasteiger charge is 2.13. The van der Waals surface area contributed by atoms with E-state index in [1.165, 1.54) is 4.90 Å². The fourth-order valence-electron chi connectivity index (χ4n) is 1.16. The standard InChI is InChI=1S/C11H16BrNS/c1-8(2)11(7-13)14-10-6-4-3-5-9(10)12/h3-6,8,11H,7,13H2,1-2H3. The molecular weight excluding hydrogens is 258 g/mol. The molecule has 0 amide bonds. The summed E-state index contributed by atoms with van der Waals surface area (Å²) < 4.78 is 1.16. The predicted octanol–water partition coefficient (Wildman–Crippen LogP) is 3.52. The van der Waals surface area contributed by atoms with Crippen molar-refractivity contribution in [2.45, 2.75) is 24.0 Å². The molecule has 1 nitrogen and oxygen atoms in total. The van der Waals surface area contributed by atoms with E-state index in [9.17, 15) is 0 Å². The van der Waals surface area contributed by atoms with E-state index in [1.54, 1.807) is 0 Å². The first kappa shape index (κ1) is 12.1. The van der Waals surface area contributed by atoms with E-state index in [0.717, 1.165) is 11.0 Å². The number of rotatable bonds is 4. The number of thioether (sulfide) groups is 1. The summed E-state index contributed by atoms with van der Waals surface area (Å²) in [6.07, 6.45) is 0. The Morgan fingerprint density at radius 1 is 1.36 bits per heavy atom. The molecular formula is C11H16BrNS. The zero-order chi connectivity index (χ0) is 10.6. The van der Waals surface area contributed by atoms with Gasteiger partial charge in [0.15, 0.2) is 0 Å². The molecule has 1 rings (SSSR count). The Hall–Kier alpha value is 0.01000. The highest BCUT2D eigenvalue weighted by atomic mass is 79.9. The number of halogens is 1. The van der Waals surface area contributed by atoms with Gasteiger partial charge in [0.25, 0.3) is 0 Å². The van der Waals surface area contributed by atoms with Crippen LogP contribution in [0.3, 0.4) is 0 Å². The van der Waals surface area contributed by atoms with Gasteiger partial charge in [-0.3, -0.25) is 0 Å². The summed E-state index contributed by atoms with van der Waals surface area (Å²) in [5.74, 6) is 0.608. The Morgan fingerprint density at radius 3 is 2.50 bits per heavy atom. The first-order chi connectivity index (χ1) is 6.65. The van der Waals surface area contributed by atoms with Crippen molar-refractivity contribution in [2.24, 2.45) is 11.7 Å². The van der Waals surface area contributed by atoms with Crippen molar-refractivity contribution >= 4 is 27.7 Å². The van der Waals surface area contributed by atoms with Crippen LogP contribution in [0, 0.1) is 5.92 Å². The molecule has 0 aliphatic carbocycles. The molecule has 1 unspecified atom stereocenters. The summed E-state index contributed by atoms with van der Waals surface area (Å²) in [5, 5.41) is 0.494. The molecule has 1 atom stereocenters. The Bertz CT molecular complexity index is 288. The molecule has 0 spiro atoms. The molecule has 14 heavy (non-hydrogen) atoms. The van der Waals surface area contributed by atoms with Crippen molar-refractivity contribution in [1.82, 2.24) is 0 Å². The maximum Gasteiger partial charge on any atom is 0.0311 e. The summed E-state index contributed by atoms with van der Waals surface area (Å²) in [4.78, 5) is 1.27. The van der Waals surface area contributed by atoms with Gasteiger partial charge in [0.05, 0.1) is 0 Å². The second kappa shape index (κ2) is 5.79. The maximum atomic E-state index is 5.74. The lowest BCUT2D eigenvalue weighted by atomic mass is 10.1. The van der Waals surface area contributed by atoms with Gasteiger partial charge < -0.3 is 5.73 Å². The van der Waals surface area contributed by atoms with Crippen LogP contribution in [0.2, 0.25) is 0 Å². The van der Waals surface area contributed by atoms with E-state index < -0.39 is 0 Å². The fraction of sp³-hybridized carbons (Fsp3) is 0.455. The lowest BCUT2D eigenvalue weighted by Gasteiger charge is -2.18. The van der Waals surface area contributed by atoms with Crippen molar-refractivity contribution in [3.05, 3.63) is 28.7 Å². The van der Waals surface area contributed by atoms with Gasteiger partial charge in [0.1, 0.15) is 0 Å². The molecule has 3 heteroatoms. The molecule has 0 fully saturated rings. The van der Waals surface area contributed by atoms with E-state index >= 15 is 0 Å². The molecule has 0 aliphatic heterocycles. The van der Waals surface area contributed by atoms with Crippen LogP contribution < -0.4 is 5.73 Å². The van der Waals surface area contributed by atoms with E-state index in [2.05, 4.69) is 48.0 Å². The Kier molecular flexibility index (Phi) is 4.99. The van der Waals surface area contributed by atoms with Crippen molar-refractivity contribution < 1.29 is 0 Å². The van der Waals surface area contributed by atoms with Gasteiger partial charge in [-0.1, -0.05) is 26.0 Å². The minimum atomic E-state index is 0.494. The SMILES string of the molecule is CC(C)C(CN)Sc1ccccc1Br. The quantitative estimate of drug-likeness (QED) is 0.850. The summed E-state index contributed by atoms with van der Waals surface area (Å²) in [5.41, 5.74) is 5.74. The molecule has 0 aromatic heterocycles. The Labute approximate surface area is 98.6 Å². The summed E-state index contributed by atoms with van der Waals surface area (Å²) in [7, 11) is 0. The molecule has 0 aliphatic rings. The van der Waals surface area contributed by atoms with E-state index in [4.69, 9.17) is 5.73 Å². The largest absolute Gasteiger partial charge is 0.329 e. The van der Waals surface area contributed by atoms with Gasteiger partial charge in [-0.15, -0.1) is 11.8 Å². The fourth-order valence-corrected chi connectivity index (χ4v) is 2.76. The van der Waals surface area contributed by atoms with Crippen LogP contribution in [0.1, 0.15) is 13.8 Å². The third-order valence-corrected chi connectivity index (χ3v) is 4.69. The van der Waals surface area contributed by atoms with Crippen molar-refractivity contribution in [2.75, 3.05) is 6.54 Å². The van der Waals surface area contributed by atoms with E-state index in [-0.39, 0.29) is 0 Å². The van der Waals surface area contributed by atoms with Crippen LogP contribution in [-0.2, 0) is 0 Å². The molecule has 1 aromatic rings. The minimum Gasteiger partial charge on any atom is -0.329 e. The molecule has 1 aromatic carbocycles. The van der Waals surface area contributed by atoms with Crippen LogP contribution in [0.4, 0.5) is 0 Å². The molecule has 78 valence electrons. The van der Waals surface area contributed by atoms with E-state index in [0.29, 0.717) is 11.2 Å². The normalized spacial score (nSPS) is 13.2. The van der Waals surface area contributed by atoms with Crippen molar-refractivity contribution in [3.8, 4) is 0 Å². The number of benzene rings is 1. The highest BCUT2D eigenvalue weighted by molar-refractivity contribution is 9.10. The number of hydrogen-bond acceptors (Lipinski definition) is 2. The van der Waals surface area contributed by atoms with Crippen LogP contribution >= 0.6 is 27.7 Å². The van der Waals surface area contributed by atoms with Crippen LogP contribution in [-0.4, -0.2) is 11.8 Å². The van der Waals surface area contributed by atoms with Gasteiger partial charge >= 0.3 is 0 Å². The molecule has 0 bridgehead atoms.